The molecule has 112 valence electrons. The normalized spacial score (nSPS) is 22.1. The lowest BCUT2D eigenvalue weighted by Crippen LogP contribution is -2.45. The SMILES string of the molecule is CNC1c2ccc(OC)cc2CCC1N(C)CC(C)C. The molecule has 1 aliphatic rings. The van der Waals surface area contributed by atoms with Gasteiger partial charge in [0, 0.05) is 18.6 Å². The zero-order valence-corrected chi connectivity index (χ0v) is 13.4. The van der Waals surface area contributed by atoms with Crippen molar-refractivity contribution >= 4 is 0 Å². The highest BCUT2D eigenvalue weighted by Crippen LogP contribution is 2.34. The van der Waals surface area contributed by atoms with Crippen molar-refractivity contribution in [3.05, 3.63) is 29.3 Å². The Kier molecular flexibility index (Phi) is 5.06. The van der Waals surface area contributed by atoms with Crippen LogP contribution in [-0.4, -0.2) is 38.7 Å². The van der Waals surface area contributed by atoms with Gasteiger partial charge in [-0.15, -0.1) is 0 Å². The maximum atomic E-state index is 5.35. The lowest BCUT2D eigenvalue weighted by atomic mass is 9.83. The first-order valence-electron chi connectivity index (χ1n) is 7.61. The third kappa shape index (κ3) is 3.15. The van der Waals surface area contributed by atoms with Gasteiger partial charge >= 0.3 is 0 Å². The quantitative estimate of drug-likeness (QED) is 0.895. The van der Waals surface area contributed by atoms with Gasteiger partial charge in [0.05, 0.1) is 7.11 Å². The van der Waals surface area contributed by atoms with Gasteiger partial charge in [-0.05, 0) is 56.1 Å². The highest BCUT2D eigenvalue weighted by molar-refractivity contribution is 5.40. The van der Waals surface area contributed by atoms with E-state index < -0.39 is 0 Å². The van der Waals surface area contributed by atoms with E-state index in [1.54, 1.807) is 7.11 Å². The van der Waals surface area contributed by atoms with Crippen LogP contribution in [0, 0.1) is 5.92 Å². The molecule has 0 saturated carbocycles. The molecule has 0 amide bonds. The number of methoxy groups -OCH3 is 1. The van der Waals surface area contributed by atoms with Gasteiger partial charge in [-0.1, -0.05) is 19.9 Å². The zero-order chi connectivity index (χ0) is 14.7. The van der Waals surface area contributed by atoms with E-state index in [2.05, 4.69) is 56.4 Å². The summed E-state index contributed by atoms with van der Waals surface area (Å²) in [4.78, 5) is 2.51. The van der Waals surface area contributed by atoms with Crippen LogP contribution in [0.15, 0.2) is 18.2 Å². The molecular formula is C17H28N2O. The summed E-state index contributed by atoms with van der Waals surface area (Å²) in [6.07, 6.45) is 2.34. The minimum absolute atomic E-state index is 0.411. The molecule has 1 N–H and O–H groups in total. The first kappa shape index (κ1) is 15.3. The fourth-order valence-electron chi connectivity index (χ4n) is 3.44. The molecule has 0 spiro atoms. The number of fused-ring (bicyclic) bond motifs is 1. The molecule has 3 heteroatoms. The van der Waals surface area contributed by atoms with Crippen LogP contribution >= 0.6 is 0 Å². The van der Waals surface area contributed by atoms with Crippen molar-refractivity contribution in [1.29, 1.82) is 0 Å². The maximum Gasteiger partial charge on any atom is 0.119 e. The number of likely N-dealkylation sites (N-methyl/N-ethyl adjacent to an activating group) is 2. The van der Waals surface area contributed by atoms with Gasteiger partial charge in [-0.25, -0.2) is 0 Å². The summed E-state index contributed by atoms with van der Waals surface area (Å²) < 4.78 is 5.35. The van der Waals surface area contributed by atoms with Crippen molar-refractivity contribution in [3.63, 3.8) is 0 Å². The van der Waals surface area contributed by atoms with E-state index in [1.807, 2.05) is 0 Å². The summed E-state index contributed by atoms with van der Waals surface area (Å²) in [5, 5.41) is 3.52. The molecule has 0 aromatic heterocycles. The van der Waals surface area contributed by atoms with E-state index in [1.165, 1.54) is 17.5 Å². The number of hydrogen-bond acceptors (Lipinski definition) is 3. The van der Waals surface area contributed by atoms with Gasteiger partial charge in [0.1, 0.15) is 5.75 Å². The second-order valence-corrected chi connectivity index (χ2v) is 6.27. The lowest BCUT2D eigenvalue weighted by Gasteiger charge is -2.40. The Hall–Kier alpha value is -1.06. The first-order valence-corrected chi connectivity index (χ1v) is 7.61. The van der Waals surface area contributed by atoms with E-state index in [0.29, 0.717) is 18.0 Å². The lowest BCUT2D eigenvalue weighted by molar-refractivity contribution is 0.161. The molecule has 2 rings (SSSR count). The molecular weight excluding hydrogens is 248 g/mol. The van der Waals surface area contributed by atoms with Crippen molar-refractivity contribution in [3.8, 4) is 5.75 Å². The topological polar surface area (TPSA) is 24.5 Å². The van der Waals surface area contributed by atoms with E-state index in [-0.39, 0.29) is 0 Å². The van der Waals surface area contributed by atoms with Crippen LogP contribution in [0.2, 0.25) is 0 Å². The molecule has 2 unspecified atom stereocenters. The van der Waals surface area contributed by atoms with Crippen LogP contribution in [0.5, 0.6) is 5.75 Å². The summed E-state index contributed by atoms with van der Waals surface area (Å²) in [7, 11) is 6.06. The summed E-state index contributed by atoms with van der Waals surface area (Å²) >= 11 is 0. The average Bonchev–Trinajstić information content (AvgIpc) is 2.44. The minimum atomic E-state index is 0.411. The van der Waals surface area contributed by atoms with Gasteiger partial charge in [0.25, 0.3) is 0 Å². The molecule has 1 aromatic rings. The van der Waals surface area contributed by atoms with Crippen LogP contribution in [0.1, 0.15) is 37.4 Å². The van der Waals surface area contributed by atoms with Crippen LogP contribution < -0.4 is 10.1 Å². The number of ether oxygens (including phenoxy) is 1. The van der Waals surface area contributed by atoms with Crippen molar-refractivity contribution in [2.75, 3.05) is 27.7 Å². The van der Waals surface area contributed by atoms with Crippen LogP contribution in [0.4, 0.5) is 0 Å². The molecule has 0 fully saturated rings. The van der Waals surface area contributed by atoms with Crippen molar-refractivity contribution in [2.45, 2.75) is 38.8 Å². The molecule has 0 heterocycles. The third-order valence-corrected chi connectivity index (χ3v) is 4.31. The fraction of sp³-hybridized carbons (Fsp3) is 0.647. The number of benzene rings is 1. The Bertz CT molecular complexity index is 445. The van der Waals surface area contributed by atoms with Crippen LogP contribution in [-0.2, 0) is 6.42 Å². The smallest absolute Gasteiger partial charge is 0.119 e. The second-order valence-electron chi connectivity index (χ2n) is 6.27. The van der Waals surface area contributed by atoms with Gasteiger partial charge in [-0.2, -0.15) is 0 Å². The predicted molar refractivity (Wildman–Crippen MR) is 84.4 cm³/mol. The van der Waals surface area contributed by atoms with Gasteiger partial charge in [0.15, 0.2) is 0 Å². The summed E-state index contributed by atoms with van der Waals surface area (Å²) in [5.74, 6) is 1.67. The first-order chi connectivity index (χ1) is 9.56. The largest absolute Gasteiger partial charge is 0.497 e. The Labute approximate surface area is 123 Å². The molecule has 2 atom stereocenters. The van der Waals surface area contributed by atoms with Gasteiger partial charge in [-0.3, -0.25) is 0 Å². The number of aryl methyl sites for hydroxylation is 1. The maximum absolute atomic E-state index is 5.35. The average molecular weight is 276 g/mol. The standard InChI is InChI=1S/C17H28N2O/c1-12(2)11-19(4)16-9-6-13-10-14(20-5)7-8-15(13)17(16)18-3/h7-8,10,12,16-18H,6,9,11H2,1-5H3. The number of hydrogen-bond donors (Lipinski definition) is 1. The van der Waals surface area contributed by atoms with Crippen LogP contribution in [0.25, 0.3) is 0 Å². The van der Waals surface area contributed by atoms with Crippen molar-refractivity contribution in [2.24, 2.45) is 5.92 Å². The van der Waals surface area contributed by atoms with E-state index in [0.717, 1.165) is 18.7 Å². The molecule has 0 aliphatic heterocycles. The molecule has 0 radical (unpaired) electrons. The molecule has 1 aliphatic carbocycles. The highest BCUT2D eigenvalue weighted by atomic mass is 16.5. The monoisotopic (exact) mass is 276 g/mol. The molecule has 0 bridgehead atoms. The summed E-state index contributed by atoms with van der Waals surface area (Å²) in [6, 6.07) is 7.48. The van der Waals surface area contributed by atoms with Crippen molar-refractivity contribution in [1.82, 2.24) is 10.2 Å². The number of nitrogens with one attached hydrogen (secondary N) is 1. The van der Waals surface area contributed by atoms with Gasteiger partial charge in [0.2, 0.25) is 0 Å². The van der Waals surface area contributed by atoms with Crippen molar-refractivity contribution < 1.29 is 4.74 Å². The summed E-state index contributed by atoms with van der Waals surface area (Å²) in [5.41, 5.74) is 2.86. The Morgan fingerprint density at radius 2 is 2.15 bits per heavy atom. The van der Waals surface area contributed by atoms with Crippen LogP contribution in [0.3, 0.4) is 0 Å². The Morgan fingerprint density at radius 3 is 2.75 bits per heavy atom. The molecule has 0 saturated heterocycles. The number of rotatable bonds is 5. The molecule has 1 aromatic carbocycles. The molecule has 3 nitrogen and oxygen atoms in total. The second kappa shape index (κ2) is 6.59. The molecule has 20 heavy (non-hydrogen) atoms. The fourth-order valence-corrected chi connectivity index (χ4v) is 3.44. The Balaban J connectivity index is 2.23. The van der Waals surface area contributed by atoms with E-state index >= 15 is 0 Å². The highest BCUT2D eigenvalue weighted by Gasteiger charge is 2.31. The van der Waals surface area contributed by atoms with Gasteiger partial charge < -0.3 is 15.0 Å². The Morgan fingerprint density at radius 1 is 1.40 bits per heavy atom. The van der Waals surface area contributed by atoms with E-state index in [4.69, 9.17) is 4.74 Å². The third-order valence-electron chi connectivity index (χ3n) is 4.31. The summed E-state index contributed by atoms with van der Waals surface area (Å²) in [6.45, 7) is 5.72. The number of nitrogens with zero attached hydrogens (tertiary/aromatic N) is 1. The predicted octanol–water partition coefficient (Wildman–Crippen LogP) is 2.86. The van der Waals surface area contributed by atoms with E-state index in [9.17, 15) is 0 Å². The zero-order valence-electron chi connectivity index (χ0n) is 13.4. The minimum Gasteiger partial charge on any atom is -0.497 e.